The first-order chi connectivity index (χ1) is 17.5. The van der Waals surface area contributed by atoms with Gasteiger partial charge in [-0.3, -0.25) is 14.7 Å². The lowest BCUT2D eigenvalue weighted by Gasteiger charge is -2.34. The number of anilines is 1. The summed E-state index contributed by atoms with van der Waals surface area (Å²) in [6, 6.07) is 19.0. The van der Waals surface area contributed by atoms with Gasteiger partial charge in [0.25, 0.3) is 5.91 Å². The van der Waals surface area contributed by atoms with Gasteiger partial charge in [0.1, 0.15) is 5.75 Å². The quantitative estimate of drug-likeness (QED) is 0.496. The van der Waals surface area contributed by atoms with Crippen LogP contribution in [0.5, 0.6) is 5.75 Å². The van der Waals surface area contributed by atoms with Crippen LogP contribution in [0.4, 0.5) is 10.5 Å². The molecule has 2 N–H and O–H groups in total. The summed E-state index contributed by atoms with van der Waals surface area (Å²) >= 11 is 0. The van der Waals surface area contributed by atoms with E-state index in [0.717, 1.165) is 38.2 Å². The molecule has 1 fully saturated rings. The van der Waals surface area contributed by atoms with E-state index in [1.165, 1.54) is 6.20 Å². The fourth-order valence-electron chi connectivity index (χ4n) is 3.90. The van der Waals surface area contributed by atoms with E-state index in [-0.39, 0.29) is 11.5 Å². The molecule has 2 heterocycles. The molecule has 1 aromatic heterocycles. The van der Waals surface area contributed by atoms with Crippen LogP contribution in [0.1, 0.15) is 32.8 Å². The second-order valence-corrected chi connectivity index (χ2v) is 8.49. The van der Waals surface area contributed by atoms with Crippen molar-refractivity contribution in [1.29, 1.82) is 0 Å². The van der Waals surface area contributed by atoms with Crippen LogP contribution in [0, 0.1) is 0 Å². The first-order valence-electron chi connectivity index (χ1n) is 11.8. The normalized spacial score (nSPS) is 13.7. The predicted molar refractivity (Wildman–Crippen MR) is 134 cm³/mol. The molecule has 3 aromatic rings. The summed E-state index contributed by atoms with van der Waals surface area (Å²) in [7, 11) is 0. The molecule has 1 saturated heterocycles. The molecular formula is C27H28N4O5. The van der Waals surface area contributed by atoms with Crippen LogP contribution in [0.3, 0.4) is 0 Å². The fourth-order valence-corrected chi connectivity index (χ4v) is 3.90. The number of nitrogens with one attached hydrogen (secondary N) is 1. The summed E-state index contributed by atoms with van der Waals surface area (Å²) in [4.78, 5) is 43.9. The highest BCUT2D eigenvalue weighted by Gasteiger charge is 2.22. The lowest BCUT2D eigenvalue weighted by atomic mass is 10.2. The van der Waals surface area contributed by atoms with Crippen molar-refractivity contribution in [1.82, 2.24) is 14.8 Å². The molecule has 2 amide bonds. The molecule has 0 bridgehead atoms. The van der Waals surface area contributed by atoms with E-state index < -0.39 is 12.1 Å². The maximum absolute atomic E-state index is 12.6. The van der Waals surface area contributed by atoms with Gasteiger partial charge < -0.3 is 20.1 Å². The second-order valence-electron chi connectivity index (χ2n) is 8.49. The molecule has 1 aliphatic heterocycles. The van der Waals surface area contributed by atoms with Crippen molar-refractivity contribution in [2.45, 2.75) is 12.8 Å². The van der Waals surface area contributed by atoms with E-state index in [4.69, 9.17) is 9.84 Å². The number of carboxylic acid groups (broad SMARTS) is 1. The van der Waals surface area contributed by atoms with Crippen molar-refractivity contribution in [2.24, 2.45) is 0 Å². The van der Waals surface area contributed by atoms with E-state index in [2.05, 4.69) is 15.2 Å². The van der Waals surface area contributed by atoms with Crippen LogP contribution < -0.4 is 10.1 Å². The van der Waals surface area contributed by atoms with Crippen molar-refractivity contribution in [2.75, 3.05) is 38.0 Å². The Morgan fingerprint density at radius 3 is 2.25 bits per heavy atom. The SMILES string of the molecule is O=C(O)c1ccc(CCCN2CCN(C(=O)Oc3ccc(NC(=O)c4ccccc4)cc3)CC2)nc1. The third-order valence-corrected chi connectivity index (χ3v) is 5.96. The highest BCUT2D eigenvalue weighted by molar-refractivity contribution is 6.04. The molecule has 0 unspecified atom stereocenters. The van der Waals surface area contributed by atoms with Gasteiger partial charge >= 0.3 is 12.1 Å². The molecule has 4 rings (SSSR count). The number of pyridine rings is 1. The first kappa shape index (κ1) is 24.9. The van der Waals surface area contributed by atoms with Gasteiger partial charge in [-0.2, -0.15) is 0 Å². The van der Waals surface area contributed by atoms with Crippen LogP contribution in [0.2, 0.25) is 0 Å². The van der Waals surface area contributed by atoms with Crippen molar-refractivity contribution >= 4 is 23.7 Å². The molecule has 0 spiro atoms. The average Bonchev–Trinajstić information content (AvgIpc) is 2.91. The Morgan fingerprint density at radius 2 is 1.61 bits per heavy atom. The number of nitrogens with zero attached hydrogens (tertiary/aromatic N) is 3. The standard InChI is InChI=1S/C27H28N4O5/c32-25(20-5-2-1-3-6-20)29-23-10-12-24(13-11-23)36-27(35)31-17-15-30(16-18-31)14-4-7-22-9-8-21(19-28-22)26(33)34/h1-3,5-6,8-13,19H,4,7,14-18H2,(H,29,32)(H,33,34). The minimum atomic E-state index is -0.977. The van der Waals surface area contributed by atoms with Crippen molar-refractivity contribution in [3.8, 4) is 5.75 Å². The smallest absolute Gasteiger partial charge is 0.415 e. The highest BCUT2D eigenvalue weighted by atomic mass is 16.6. The first-order valence-corrected chi connectivity index (χ1v) is 11.8. The lowest BCUT2D eigenvalue weighted by Crippen LogP contribution is -2.49. The van der Waals surface area contributed by atoms with E-state index in [1.54, 1.807) is 65.6 Å². The molecule has 9 heteroatoms. The summed E-state index contributed by atoms with van der Waals surface area (Å²) in [5.41, 5.74) is 2.24. The largest absolute Gasteiger partial charge is 0.478 e. The monoisotopic (exact) mass is 488 g/mol. The van der Waals surface area contributed by atoms with Gasteiger partial charge in [-0.1, -0.05) is 18.2 Å². The number of hydrogen-bond donors (Lipinski definition) is 2. The Balaban J connectivity index is 1.17. The van der Waals surface area contributed by atoms with E-state index in [1.807, 2.05) is 6.07 Å². The van der Waals surface area contributed by atoms with Crippen LogP contribution in [-0.2, 0) is 6.42 Å². The van der Waals surface area contributed by atoms with E-state index >= 15 is 0 Å². The number of carbonyl (C=O) groups is 3. The van der Waals surface area contributed by atoms with Crippen LogP contribution >= 0.6 is 0 Å². The molecule has 0 saturated carbocycles. The summed E-state index contributed by atoms with van der Waals surface area (Å²) in [6.45, 7) is 3.54. The number of rotatable bonds is 8. The Kier molecular flexibility index (Phi) is 8.25. The molecule has 2 aromatic carbocycles. The van der Waals surface area contributed by atoms with Gasteiger partial charge in [0.05, 0.1) is 5.56 Å². The molecule has 0 aliphatic carbocycles. The summed E-state index contributed by atoms with van der Waals surface area (Å²) in [6.07, 6.45) is 2.66. The summed E-state index contributed by atoms with van der Waals surface area (Å²) < 4.78 is 5.50. The number of piperazine rings is 1. The maximum Gasteiger partial charge on any atom is 0.415 e. The van der Waals surface area contributed by atoms with E-state index in [9.17, 15) is 14.4 Å². The van der Waals surface area contributed by atoms with Crippen molar-refractivity contribution < 1.29 is 24.2 Å². The van der Waals surface area contributed by atoms with Crippen LogP contribution in [0.15, 0.2) is 72.9 Å². The minimum absolute atomic E-state index is 0.188. The number of aromatic carboxylic acids is 1. The Hall–Kier alpha value is -4.24. The zero-order valence-corrected chi connectivity index (χ0v) is 19.8. The molecular weight excluding hydrogens is 460 g/mol. The zero-order chi connectivity index (χ0) is 25.3. The zero-order valence-electron chi connectivity index (χ0n) is 19.8. The highest BCUT2D eigenvalue weighted by Crippen LogP contribution is 2.18. The number of carbonyl (C=O) groups excluding carboxylic acids is 2. The Morgan fingerprint density at radius 1 is 0.889 bits per heavy atom. The van der Waals surface area contributed by atoms with Gasteiger partial charge in [-0.05, 0) is 67.9 Å². The van der Waals surface area contributed by atoms with Gasteiger partial charge in [0.2, 0.25) is 0 Å². The Bertz CT molecular complexity index is 1180. The number of carboxylic acids is 1. The molecule has 0 radical (unpaired) electrons. The average molecular weight is 489 g/mol. The third kappa shape index (κ3) is 6.89. The minimum Gasteiger partial charge on any atom is -0.478 e. The maximum atomic E-state index is 12.6. The summed E-state index contributed by atoms with van der Waals surface area (Å²) in [5.74, 6) is -0.762. The number of benzene rings is 2. The molecule has 186 valence electrons. The topological polar surface area (TPSA) is 112 Å². The third-order valence-electron chi connectivity index (χ3n) is 5.96. The molecule has 0 atom stereocenters. The predicted octanol–water partition coefficient (Wildman–Crippen LogP) is 3.78. The van der Waals surface area contributed by atoms with Gasteiger partial charge in [0.15, 0.2) is 0 Å². The number of hydrogen-bond acceptors (Lipinski definition) is 6. The molecule has 1 aliphatic rings. The number of aromatic nitrogens is 1. The lowest BCUT2D eigenvalue weighted by molar-refractivity contribution is 0.0696. The van der Waals surface area contributed by atoms with Crippen molar-refractivity contribution in [3.63, 3.8) is 0 Å². The van der Waals surface area contributed by atoms with Crippen LogP contribution in [-0.4, -0.2) is 70.6 Å². The Labute approximate surface area is 209 Å². The molecule has 9 nitrogen and oxygen atoms in total. The molecule has 36 heavy (non-hydrogen) atoms. The number of aryl methyl sites for hydroxylation is 1. The van der Waals surface area contributed by atoms with Crippen molar-refractivity contribution in [3.05, 3.63) is 89.7 Å². The van der Waals surface area contributed by atoms with Gasteiger partial charge in [0, 0.05) is 49.3 Å². The van der Waals surface area contributed by atoms with Gasteiger partial charge in [-0.15, -0.1) is 0 Å². The summed E-state index contributed by atoms with van der Waals surface area (Å²) in [5, 5.41) is 11.8. The second kappa shape index (κ2) is 11.9. The van der Waals surface area contributed by atoms with Crippen LogP contribution in [0.25, 0.3) is 0 Å². The number of amides is 2. The fraction of sp³-hybridized carbons (Fsp3) is 0.259. The number of ether oxygens (including phenoxy) is 1. The van der Waals surface area contributed by atoms with Gasteiger partial charge in [-0.25, -0.2) is 9.59 Å². The van der Waals surface area contributed by atoms with E-state index in [0.29, 0.717) is 30.1 Å².